The van der Waals surface area contributed by atoms with Crippen molar-refractivity contribution in [3.05, 3.63) is 23.8 Å². The smallest absolute Gasteiger partial charge is 0.252 e. The number of nitrogens with two attached hydrogens (primary N) is 2. The summed E-state index contributed by atoms with van der Waals surface area (Å²) in [4.78, 5) is 13.3. The van der Waals surface area contributed by atoms with Crippen LogP contribution in [-0.2, 0) is 0 Å². The lowest BCUT2D eigenvalue weighted by atomic mass is 10.1. The molecule has 1 aromatic rings. The lowest BCUT2D eigenvalue weighted by Gasteiger charge is -2.32. The molecule has 0 spiro atoms. The monoisotopic (exact) mass is 251 g/mol. The van der Waals surface area contributed by atoms with Crippen LogP contribution in [0.4, 0.5) is 5.69 Å². The van der Waals surface area contributed by atoms with E-state index in [1.54, 1.807) is 18.2 Å². The van der Waals surface area contributed by atoms with E-state index in [4.69, 9.17) is 16.2 Å². The number of nitrogens with zero attached hydrogens (tertiary/aromatic N) is 1. The fourth-order valence-electron chi connectivity index (χ4n) is 1.29. The van der Waals surface area contributed by atoms with Crippen molar-refractivity contribution in [2.75, 3.05) is 26.4 Å². The van der Waals surface area contributed by atoms with Crippen LogP contribution in [0, 0.1) is 0 Å². The van der Waals surface area contributed by atoms with E-state index in [-0.39, 0.29) is 5.54 Å². The van der Waals surface area contributed by atoms with Gasteiger partial charge in [-0.25, -0.2) is 0 Å². The molecule has 0 aromatic heterocycles. The number of rotatable bonds is 5. The van der Waals surface area contributed by atoms with Gasteiger partial charge >= 0.3 is 0 Å². The number of primary amides is 1. The quantitative estimate of drug-likeness (QED) is 0.767. The van der Waals surface area contributed by atoms with E-state index in [0.29, 0.717) is 23.6 Å². The SMILES string of the molecule is CN(C)C(C)(C)COc1c(N)cccc1C(N)=O. The van der Waals surface area contributed by atoms with Gasteiger partial charge in [0, 0.05) is 5.54 Å². The number of para-hydroxylation sites is 1. The molecule has 5 nitrogen and oxygen atoms in total. The topological polar surface area (TPSA) is 81.6 Å². The van der Waals surface area contributed by atoms with Gasteiger partial charge in [0.2, 0.25) is 0 Å². The van der Waals surface area contributed by atoms with Crippen LogP contribution in [0.2, 0.25) is 0 Å². The molecule has 0 aliphatic heterocycles. The molecule has 0 aliphatic rings. The Labute approximate surface area is 108 Å². The first-order chi connectivity index (χ1) is 8.25. The van der Waals surface area contributed by atoms with Crippen LogP contribution < -0.4 is 16.2 Å². The van der Waals surface area contributed by atoms with Crippen LogP contribution >= 0.6 is 0 Å². The third kappa shape index (κ3) is 3.13. The summed E-state index contributed by atoms with van der Waals surface area (Å²) in [6.45, 7) is 4.49. The van der Waals surface area contributed by atoms with Crippen molar-refractivity contribution in [3.63, 3.8) is 0 Å². The number of amides is 1. The summed E-state index contributed by atoms with van der Waals surface area (Å²) in [5, 5.41) is 0. The molecule has 0 saturated heterocycles. The second-order valence-corrected chi connectivity index (χ2v) is 5.08. The molecule has 5 heteroatoms. The Balaban J connectivity index is 2.95. The Hall–Kier alpha value is -1.75. The maximum absolute atomic E-state index is 11.3. The Morgan fingerprint density at radius 3 is 2.50 bits per heavy atom. The molecule has 0 radical (unpaired) electrons. The van der Waals surface area contributed by atoms with Crippen molar-refractivity contribution >= 4 is 11.6 Å². The molecular weight excluding hydrogens is 230 g/mol. The van der Waals surface area contributed by atoms with Crippen LogP contribution in [0.1, 0.15) is 24.2 Å². The summed E-state index contributed by atoms with van der Waals surface area (Å²) in [5.41, 5.74) is 11.7. The van der Waals surface area contributed by atoms with Gasteiger partial charge in [-0.3, -0.25) is 4.79 Å². The highest BCUT2D eigenvalue weighted by atomic mass is 16.5. The van der Waals surface area contributed by atoms with Gasteiger partial charge in [-0.05, 0) is 40.1 Å². The zero-order valence-corrected chi connectivity index (χ0v) is 11.4. The molecule has 1 aromatic carbocycles. The highest BCUT2D eigenvalue weighted by molar-refractivity contribution is 5.97. The van der Waals surface area contributed by atoms with Gasteiger partial charge in [0.05, 0.1) is 11.3 Å². The van der Waals surface area contributed by atoms with Gasteiger partial charge < -0.3 is 21.1 Å². The minimum atomic E-state index is -0.542. The largest absolute Gasteiger partial charge is 0.489 e. The van der Waals surface area contributed by atoms with E-state index < -0.39 is 5.91 Å². The van der Waals surface area contributed by atoms with Crippen LogP contribution in [0.3, 0.4) is 0 Å². The minimum Gasteiger partial charge on any atom is -0.489 e. The molecule has 100 valence electrons. The molecule has 0 unspecified atom stereocenters. The van der Waals surface area contributed by atoms with Crippen molar-refractivity contribution in [3.8, 4) is 5.75 Å². The Kier molecular flexibility index (Phi) is 4.19. The molecule has 18 heavy (non-hydrogen) atoms. The maximum Gasteiger partial charge on any atom is 0.252 e. The Morgan fingerprint density at radius 2 is 2.00 bits per heavy atom. The standard InChI is InChI=1S/C13H21N3O2/c1-13(2,16(3)4)8-18-11-9(12(15)17)6-5-7-10(11)14/h5-7H,8,14H2,1-4H3,(H2,15,17). The zero-order chi connectivity index (χ0) is 13.9. The van der Waals surface area contributed by atoms with Crippen LogP contribution in [0.15, 0.2) is 18.2 Å². The number of anilines is 1. The Morgan fingerprint density at radius 1 is 1.39 bits per heavy atom. The normalized spacial score (nSPS) is 11.6. The summed E-state index contributed by atoms with van der Waals surface area (Å²) >= 11 is 0. The highest BCUT2D eigenvalue weighted by Gasteiger charge is 2.23. The number of carbonyl (C=O) groups is 1. The Bertz CT molecular complexity index is 442. The van der Waals surface area contributed by atoms with Crippen molar-refractivity contribution in [2.24, 2.45) is 5.73 Å². The van der Waals surface area contributed by atoms with Crippen molar-refractivity contribution < 1.29 is 9.53 Å². The molecule has 0 aliphatic carbocycles. The summed E-state index contributed by atoms with van der Waals surface area (Å²) in [6.07, 6.45) is 0. The molecule has 1 rings (SSSR count). The second-order valence-electron chi connectivity index (χ2n) is 5.08. The van der Waals surface area contributed by atoms with Gasteiger partial charge in [0.25, 0.3) is 5.91 Å². The third-order valence-corrected chi connectivity index (χ3v) is 3.09. The summed E-state index contributed by atoms with van der Waals surface area (Å²) < 4.78 is 5.69. The van der Waals surface area contributed by atoms with E-state index in [9.17, 15) is 4.79 Å². The van der Waals surface area contributed by atoms with Crippen LogP contribution in [-0.4, -0.2) is 37.0 Å². The van der Waals surface area contributed by atoms with E-state index in [0.717, 1.165) is 0 Å². The minimum absolute atomic E-state index is 0.169. The number of hydrogen-bond donors (Lipinski definition) is 2. The highest BCUT2D eigenvalue weighted by Crippen LogP contribution is 2.27. The van der Waals surface area contributed by atoms with Crippen LogP contribution in [0.5, 0.6) is 5.75 Å². The number of benzene rings is 1. The van der Waals surface area contributed by atoms with Gasteiger partial charge in [0.15, 0.2) is 5.75 Å². The molecule has 0 bridgehead atoms. The van der Waals surface area contributed by atoms with E-state index >= 15 is 0 Å². The first-order valence-corrected chi connectivity index (χ1v) is 5.74. The van der Waals surface area contributed by atoms with Crippen molar-refractivity contribution in [1.82, 2.24) is 4.90 Å². The number of nitrogen functional groups attached to an aromatic ring is 1. The number of ether oxygens (including phenoxy) is 1. The average molecular weight is 251 g/mol. The molecular formula is C13H21N3O2. The van der Waals surface area contributed by atoms with E-state index in [1.807, 2.05) is 32.8 Å². The predicted octanol–water partition coefficient (Wildman–Crippen LogP) is 1.09. The average Bonchev–Trinajstić information content (AvgIpc) is 2.26. The molecule has 0 atom stereocenters. The molecule has 0 fully saturated rings. The lowest BCUT2D eigenvalue weighted by molar-refractivity contribution is 0.0977. The first-order valence-electron chi connectivity index (χ1n) is 5.74. The fraction of sp³-hybridized carbons (Fsp3) is 0.462. The van der Waals surface area contributed by atoms with Gasteiger partial charge in [-0.15, -0.1) is 0 Å². The molecule has 0 heterocycles. The third-order valence-electron chi connectivity index (χ3n) is 3.09. The van der Waals surface area contributed by atoms with Crippen molar-refractivity contribution in [1.29, 1.82) is 0 Å². The number of likely N-dealkylation sites (N-methyl/N-ethyl adjacent to an activating group) is 1. The molecule has 4 N–H and O–H groups in total. The number of carbonyl (C=O) groups excluding carboxylic acids is 1. The van der Waals surface area contributed by atoms with Gasteiger partial charge in [-0.2, -0.15) is 0 Å². The lowest BCUT2D eigenvalue weighted by Crippen LogP contribution is -2.43. The molecule has 1 amide bonds. The van der Waals surface area contributed by atoms with Gasteiger partial charge in [0.1, 0.15) is 6.61 Å². The molecule has 0 saturated carbocycles. The van der Waals surface area contributed by atoms with Gasteiger partial charge in [-0.1, -0.05) is 6.07 Å². The van der Waals surface area contributed by atoms with E-state index in [1.165, 1.54) is 0 Å². The maximum atomic E-state index is 11.3. The summed E-state index contributed by atoms with van der Waals surface area (Å²) in [7, 11) is 3.93. The van der Waals surface area contributed by atoms with Crippen LogP contribution in [0.25, 0.3) is 0 Å². The van der Waals surface area contributed by atoms with E-state index in [2.05, 4.69) is 0 Å². The predicted molar refractivity (Wildman–Crippen MR) is 72.6 cm³/mol. The summed E-state index contributed by atoms with van der Waals surface area (Å²) in [6, 6.07) is 4.97. The zero-order valence-electron chi connectivity index (χ0n) is 11.4. The van der Waals surface area contributed by atoms with Crippen molar-refractivity contribution in [2.45, 2.75) is 19.4 Å². The fourth-order valence-corrected chi connectivity index (χ4v) is 1.29. The number of hydrogen-bond acceptors (Lipinski definition) is 4. The first kappa shape index (κ1) is 14.3. The second kappa shape index (κ2) is 5.27. The summed E-state index contributed by atoms with van der Waals surface area (Å²) in [5.74, 6) is -0.181.